The van der Waals surface area contributed by atoms with Crippen LogP contribution in [0.5, 0.6) is 5.75 Å². The molecule has 5 rings (SSSR count). The maximum atomic E-state index is 13.7. The van der Waals surface area contributed by atoms with Gasteiger partial charge in [0, 0.05) is 45.9 Å². The van der Waals surface area contributed by atoms with E-state index in [0.29, 0.717) is 42.2 Å². The van der Waals surface area contributed by atoms with Gasteiger partial charge in [0.1, 0.15) is 11.6 Å². The van der Waals surface area contributed by atoms with E-state index in [9.17, 15) is 14.3 Å². The van der Waals surface area contributed by atoms with Gasteiger partial charge < -0.3 is 20.1 Å². The Kier molecular flexibility index (Phi) is 20.1. The second-order valence-electron chi connectivity index (χ2n) is 15.0. The van der Waals surface area contributed by atoms with Gasteiger partial charge in [-0.25, -0.2) is 9.18 Å². The summed E-state index contributed by atoms with van der Waals surface area (Å²) >= 11 is 6.97. The number of benzene rings is 3. The van der Waals surface area contributed by atoms with Gasteiger partial charge in [-0.2, -0.15) is 0 Å². The largest absolute Gasteiger partial charge is 0.493 e. The van der Waals surface area contributed by atoms with Gasteiger partial charge in [0.25, 0.3) is 0 Å². The number of hydrogen-bond acceptors (Lipinski definition) is 4. The summed E-state index contributed by atoms with van der Waals surface area (Å²) in [6, 6.07) is 14.2. The van der Waals surface area contributed by atoms with Gasteiger partial charge in [-0.05, 0) is 142 Å². The predicted octanol–water partition coefficient (Wildman–Crippen LogP) is 13.4. The van der Waals surface area contributed by atoms with Gasteiger partial charge >= 0.3 is 5.97 Å². The maximum Gasteiger partial charge on any atom is 0.331 e. The van der Waals surface area contributed by atoms with Gasteiger partial charge in [0.05, 0.1) is 6.61 Å². The first-order chi connectivity index (χ1) is 26.5. The first-order valence-electron chi connectivity index (χ1n) is 21.0. The standard InChI is InChI=1S/C36H39ClFNO3.C6H15N.C6H14/c1-4-24-18-20-39-19-7-6-12-32(39)35(24)34-23(3)28(16-17-31(34)37)30(27(5-2)36(40)41)11-9-21-42-33-13-8-10-25-22-26(38)14-15-29(25)33;1-3-5-7-6-4-2;1-4-5-6(2)3/h8,10,13-18,22H,4-7,9,11-12,19-21H2,1-3H3,(H,40,41);7H,3-6H2,1-2H3;6H,4-5H2,1-3H3/b30-27+;;. The van der Waals surface area contributed by atoms with Crippen molar-refractivity contribution in [3.8, 4) is 5.75 Å². The van der Waals surface area contributed by atoms with Gasteiger partial charge in [0.15, 0.2) is 0 Å². The normalized spacial score (nSPS) is 14.4. The zero-order chi connectivity index (χ0) is 40.3. The Bertz CT molecular complexity index is 1770. The quantitative estimate of drug-likeness (QED) is 0.112. The van der Waals surface area contributed by atoms with Gasteiger partial charge in [0.2, 0.25) is 0 Å². The topological polar surface area (TPSA) is 61.8 Å². The molecule has 0 atom stereocenters. The molecule has 0 unspecified atom stereocenters. The number of carboxylic acids is 1. The maximum absolute atomic E-state index is 13.7. The molecule has 0 aromatic heterocycles. The van der Waals surface area contributed by atoms with Crippen LogP contribution in [0.2, 0.25) is 5.02 Å². The van der Waals surface area contributed by atoms with Crippen LogP contribution in [0, 0.1) is 18.7 Å². The Labute approximate surface area is 337 Å². The van der Waals surface area contributed by atoms with E-state index in [2.05, 4.69) is 64.8 Å². The molecule has 0 bridgehead atoms. The number of ether oxygens (including phenoxy) is 1. The van der Waals surface area contributed by atoms with Gasteiger partial charge in [-0.3, -0.25) is 0 Å². The zero-order valence-corrected chi connectivity index (χ0v) is 35.8. The monoisotopic (exact) mass is 774 g/mol. The Morgan fingerprint density at radius 2 is 1.75 bits per heavy atom. The van der Waals surface area contributed by atoms with Crippen LogP contribution in [0.25, 0.3) is 21.9 Å². The minimum absolute atomic E-state index is 0.282. The number of nitrogens with one attached hydrogen (secondary N) is 1. The molecule has 7 heteroatoms. The third-order valence-corrected chi connectivity index (χ3v) is 10.7. The highest BCUT2D eigenvalue weighted by Crippen LogP contribution is 2.44. The predicted molar refractivity (Wildman–Crippen MR) is 234 cm³/mol. The van der Waals surface area contributed by atoms with Crippen molar-refractivity contribution >= 4 is 39.5 Å². The van der Waals surface area contributed by atoms with E-state index >= 15 is 0 Å². The SMILES string of the molecule is CCC1=CCN2CCCCC2=C1c1c(Cl)ccc(/C(CCCOc2cccc3cc(F)ccc23)=C(\CC)C(=O)O)c1C.CCCC(C)C.CCCNCCC. The van der Waals surface area contributed by atoms with Crippen molar-refractivity contribution in [1.82, 2.24) is 10.2 Å². The molecule has 0 amide bonds. The van der Waals surface area contributed by atoms with Crippen LogP contribution in [0.4, 0.5) is 4.39 Å². The number of piperidine rings is 1. The molecular formula is C48H68ClFN2O3. The summed E-state index contributed by atoms with van der Waals surface area (Å²) < 4.78 is 19.9. The van der Waals surface area contributed by atoms with E-state index in [4.69, 9.17) is 16.3 Å². The number of nitrogens with zero attached hydrogens (tertiary/aromatic N) is 1. The Morgan fingerprint density at radius 3 is 2.36 bits per heavy atom. The number of carboxylic acid groups (broad SMARTS) is 1. The summed E-state index contributed by atoms with van der Waals surface area (Å²) in [5.41, 5.74) is 8.14. The van der Waals surface area contributed by atoms with Crippen molar-refractivity contribution in [1.29, 1.82) is 0 Å². The highest BCUT2D eigenvalue weighted by atomic mass is 35.5. The minimum atomic E-state index is -0.896. The van der Waals surface area contributed by atoms with E-state index in [1.165, 1.54) is 80.6 Å². The minimum Gasteiger partial charge on any atom is -0.493 e. The van der Waals surface area contributed by atoms with E-state index in [0.717, 1.165) is 64.9 Å². The highest BCUT2D eigenvalue weighted by molar-refractivity contribution is 6.33. The molecule has 5 nitrogen and oxygen atoms in total. The first-order valence-corrected chi connectivity index (χ1v) is 21.3. The fraction of sp³-hybridized carbons (Fsp3) is 0.521. The summed E-state index contributed by atoms with van der Waals surface area (Å²) in [6.45, 7) is 22.0. The molecule has 0 aliphatic carbocycles. The molecular weight excluding hydrogens is 707 g/mol. The fourth-order valence-electron chi connectivity index (χ4n) is 7.60. The Hall–Kier alpha value is -3.61. The highest BCUT2D eigenvalue weighted by Gasteiger charge is 2.28. The summed E-state index contributed by atoms with van der Waals surface area (Å²) in [4.78, 5) is 14.9. The summed E-state index contributed by atoms with van der Waals surface area (Å²) in [5, 5.41) is 15.8. The van der Waals surface area contributed by atoms with Crippen molar-refractivity contribution in [2.45, 2.75) is 126 Å². The van der Waals surface area contributed by atoms with Crippen LogP contribution in [-0.4, -0.2) is 48.8 Å². The number of halogens is 2. The lowest BCUT2D eigenvalue weighted by Crippen LogP contribution is -2.32. The van der Waals surface area contributed by atoms with Crippen molar-refractivity contribution in [2.24, 2.45) is 5.92 Å². The fourth-order valence-corrected chi connectivity index (χ4v) is 7.90. The molecule has 3 aromatic rings. The van der Waals surface area contributed by atoms with E-state index in [1.54, 1.807) is 6.07 Å². The Balaban J connectivity index is 0.000000537. The number of fused-ring (bicyclic) bond motifs is 2. The number of carbonyl (C=O) groups is 1. The van der Waals surface area contributed by atoms with E-state index < -0.39 is 5.97 Å². The van der Waals surface area contributed by atoms with Crippen LogP contribution in [0.15, 0.2) is 71.5 Å². The van der Waals surface area contributed by atoms with Crippen LogP contribution in [0.3, 0.4) is 0 Å². The lowest BCUT2D eigenvalue weighted by atomic mass is 9.82. The molecule has 1 fully saturated rings. The zero-order valence-electron chi connectivity index (χ0n) is 35.1. The van der Waals surface area contributed by atoms with E-state index in [1.807, 2.05) is 37.3 Å². The molecule has 2 N–H and O–H groups in total. The first kappa shape index (κ1) is 45.8. The third-order valence-electron chi connectivity index (χ3n) is 10.3. The van der Waals surface area contributed by atoms with Crippen molar-refractivity contribution in [3.63, 3.8) is 0 Å². The second kappa shape index (κ2) is 24.1. The molecule has 0 radical (unpaired) electrons. The smallest absolute Gasteiger partial charge is 0.331 e. The number of allylic oxidation sites excluding steroid dienone is 4. The van der Waals surface area contributed by atoms with Crippen LogP contribution < -0.4 is 10.1 Å². The molecule has 0 spiro atoms. The number of hydrogen-bond donors (Lipinski definition) is 2. The molecule has 55 heavy (non-hydrogen) atoms. The van der Waals surface area contributed by atoms with Crippen LogP contribution in [0.1, 0.15) is 136 Å². The molecule has 0 saturated carbocycles. The molecule has 2 aliphatic rings. The average Bonchev–Trinajstić information content (AvgIpc) is 3.16. The molecule has 2 aliphatic heterocycles. The average molecular weight is 776 g/mol. The lowest BCUT2D eigenvalue weighted by Gasteiger charge is -2.38. The van der Waals surface area contributed by atoms with Gasteiger partial charge in [-0.1, -0.05) is 97.2 Å². The molecule has 302 valence electrons. The Morgan fingerprint density at radius 1 is 1.00 bits per heavy atom. The third kappa shape index (κ3) is 13.2. The number of rotatable bonds is 16. The van der Waals surface area contributed by atoms with Crippen molar-refractivity contribution in [2.75, 3.05) is 32.8 Å². The molecule has 2 heterocycles. The summed E-state index contributed by atoms with van der Waals surface area (Å²) in [6.07, 6.45) is 13.4. The van der Waals surface area contributed by atoms with Gasteiger partial charge in [-0.15, -0.1) is 0 Å². The summed E-state index contributed by atoms with van der Waals surface area (Å²) in [7, 11) is 0. The summed E-state index contributed by atoms with van der Waals surface area (Å²) in [5.74, 6) is 0.414. The molecule has 3 aromatic carbocycles. The van der Waals surface area contributed by atoms with E-state index in [-0.39, 0.29) is 5.82 Å². The lowest BCUT2D eigenvalue weighted by molar-refractivity contribution is -0.132. The van der Waals surface area contributed by atoms with Crippen molar-refractivity contribution < 1.29 is 19.0 Å². The molecule has 1 saturated heterocycles. The van der Waals surface area contributed by atoms with Crippen LogP contribution >= 0.6 is 11.6 Å². The van der Waals surface area contributed by atoms with Crippen molar-refractivity contribution in [3.05, 3.63) is 99.0 Å². The number of aliphatic carboxylic acids is 1. The van der Waals surface area contributed by atoms with Crippen LogP contribution in [-0.2, 0) is 4.79 Å². The second-order valence-corrected chi connectivity index (χ2v) is 15.4.